The number of fused-ring (bicyclic) bond motifs is 2. The Labute approximate surface area is 149 Å². The van der Waals surface area contributed by atoms with Gasteiger partial charge in [-0.15, -0.1) is 0 Å². The highest BCUT2D eigenvalue weighted by Gasteiger charge is 2.16. The van der Waals surface area contributed by atoms with E-state index in [0.717, 1.165) is 5.56 Å². The van der Waals surface area contributed by atoms with Crippen molar-refractivity contribution >= 4 is 16.8 Å². The number of hydrogen-bond donors (Lipinski definition) is 1. The molecule has 0 saturated carbocycles. The van der Waals surface area contributed by atoms with Crippen molar-refractivity contribution in [2.75, 3.05) is 13.2 Å². The molecule has 26 heavy (non-hydrogen) atoms. The second-order valence-corrected chi connectivity index (χ2v) is 5.90. The van der Waals surface area contributed by atoms with Gasteiger partial charge < -0.3 is 14.8 Å². The Balaban J connectivity index is 1.49. The van der Waals surface area contributed by atoms with Crippen LogP contribution in [0.2, 0.25) is 0 Å². The average molecular weight is 351 g/mol. The van der Waals surface area contributed by atoms with Crippen LogP contribution in [0.5, 0.6) is 11.5 Å². The van der Waals surface area contributed by atoms with Gasteiger partial charge in [-0.2, -0.15) is 5.10 Å². The van der Waals surface area contributed by atoms with Gasteiger partial charge in [-0.05, 0) is 18.2 Å². The first-order chi connectivity index (χ1) is 12.7. The van der Waals surface area contributed by atoms with E-state index in [1.807, 2.05) is 24.3 Å². The number of nitrogens with one attached hydrogen (secondary N) is 1. The standard InChI is InChI=1S/C19H17N3O4/c23-16-11-21-22(15-6-2-1-5-14(15)16)12-18(24)20-10-13-4-3-7-17-19(13)26-9-8-25-17/h1-7,11H,8-10,12H2,(H,20,24). The van der Waals surface area contributed by atoms with Gasteiger partial charge in [0.2, 0.25) is 11.3 Å². The molecule has 0 saturated heterocycles. The van der Waals surface area contributed by atoms with E-state index >= 15 is 0 Å². The van der Waals surface area contributed by atoms with Gasteiger partial charge in [-0.3, -0.25) is 14.3 Å². The van der Waals surface area contributed by atoms with Crippen LogP contribution in [-0.2, 0) is 17.9 Å². The molecule has 0 atom stereocenters. The fourth-order valence-corrected chi connectivity index (χ4v) is 2.95. The Hall–Kier alpha value is -3.35. The second-order valence-electron chi connectivity index (χ2n) is 5.90. The van der Waals surface area contributed by atoms with E-state index in [2.05, 4.69) is 10.4 Å². The topological polar surface area (TPSA) is 82.5 Å². The van der Waals surface area contributed by atoms with Crippen molar-refractivity contribution in [1.82, 2.24) is 15.1 Å². The Bertz CT molecular complexity index is 1030. The van der Waals surface area contributed by atoms with Crippen LogP contribution >= 0.6 is 0 Å². The maximum Gasteiger partial charge on any atom is 0.242 e. The minimum absolute atomic E-state index is 0.0210. The van der Waals surface area contributed by atoms with Gasteiger partial charge in [0.1, 0.15) is 19.8 Å². The summed E-state index contributed by atoms with van der Waals surface area (Å²) in [6.07, 6.45) is 1.23. The Kier molecular flexibility index (Phi) is 4.27. The first kappa shape index (κ1) is 16.1. The van der Waals surface area contributed by atoms with Crippen molar-refractivity contribution < 1.29 is 14.3 Å². The van der Waals surface area contributed by atoms with E-state index in [9.17, 15) is 9.59 Å². The highest BCUT2D eigenvalue weighted by Crippen LogP contribution is 2.33. The Morgan fingerprint density at radius 1 is 1.12 bits per heavy atom. The number of ether oxygens (including phenoxy) is 2. The molecular weight excluding hydrogens is 334 g/mol. The summed E-state index contributed by atoms with van der Waals surface area (Å²) in [5.41, 5.74) is 1.32. The molecule has 0 unspecified atom stereocenters. The van der Waals surface area contributed by atoms with E-state index in [0.29, 0.717) is 42.2 Å². The van der Waals surface area contributed by atoms with Crippen molar-refractivity contribution in [2.45, 2.75) is 13.1 Å². The van der Waals surface area contributed by atoms with Crippen molar-refractivity contribution in [3.05, 3.63) is 64.4 Å². The van der Waals surface area contributed by atoms with Crippen molar-refractivity contribution in [2.24, 2.45) is 0 Å². The zero-order chi connectivity index (χ0) is 17.9. The fourth-order valence-electron chi connectivity index (χ4n) is 2.95. The number of hydrogen-bond acceptors (Lipinski definition) is 5. The smallest absolute Gasteiger partial charge is 0.242 e. The number of nitrogens with zero attached hydrogens (tertiary/aromatic N) is 2. The lowest BCUT2D eigenvalue weighted by Crippen LogP contribution is -2.29. The summed E-state index contributed by atoms with van der Waals surface area (Å²) in [6.45, 7) is 1.36. The molecule has 1 aliphatic heterocycles. The Morgan fingerprint density at radius 3 is 2.88 bits per heavy atom. The monoisotopic (exact) mass is 351 g/mol. The molecule has 2 aromatic carbocycles. The third kappa shape index (κ3) is 3.11. The zero-order valence-electron chi connectivity index (χ0n) is 14.0. The van der Waals surface area contributed by atoms with Gasteiger partial charge in [0.15, 0.2) is 11.5 Å². The normalized spacial score (nSPS) is 12.8. The van der Waals surface area contributed by atoms with Crippen LogP contribution in [0.25, 0.3) is 10.9 Å². The van der Waals surface area contributed by atoms with Crippen LogP contribution in [0.1, 0.15) is 5.56 Å². The van der Waals surface area contributed by atoms with Gasteiger partial charge in [0, 0.05) is 17.5 Å². The molecule has 132 valence electrons. The molecule has 0 bridgehead atoms. The third-order valence-corrected chi connectivity index (χ3v) is 4.18. The number of para-hydroxylation sites is 2. The number of carbonyl (C=O) groups excluding carboxylic acids is 1. The summed E-state index contributed by atoms with van der Waals surface area (Å²) in [5, 5.41) is 7.47. The molecule has 3 aromatic rings. The summed E-state index contributed by atoms with van der Waals surface area (Å²) >= 11 is 0. The van der Waals surface area contributed by atoms with E-state index in [4.69, 9.17) is 9.47 Å². The summed E-state index contributed by atoms with van der Waals surface area (Å²) in [6, 6.07) is 12.7. The quantitative estimate of drug-likeness (QED) is 0.770. The van der Waals surface area contributed by atoms with Gasteiger partial charge in [0.25, 0.3) is 0 Å². The fraction of sp³-hybridized carbons (Fsp3) is 0.211. The van der Waals surface area contributed by atoms with Crippen LogP contribution in [0.3, 0.4) is 0 Å². The van der Waals surface area contributed by atoms with Gasteiger partial charge >= 0.3 is 0 Å². The molecule has 4 rings (SSSR count). The molecule has 0 aliphatic carbocycles. The highest BCUT2D eigenvalue weighted by molar-refractivity contribution is 5.81. The van der Waals surface area contributed by atoms with Crippen molar-refractivity contribution in [1.29, 1.82) is 0 Å². The third-order valence-electron chi connectivity index (χ3n) is 4.18. The van der Waals surface area contributed by atoms with Crippen LogP contribution in [-0.4, -0.2) is 28.9 Å². The molecule has 2 heterocycles. The van der Waals surface area contributed by atoms with Crippen molar-refractivity contribution in [3.63, 3.8) is 0 Å². The minimum atomic E-state index is -0.208. The summed E-state index contributed by atoms with van der Waals surface area (Å²) in [5.74, 6) is 1.16. The molecule has 7 nitrogen and oxygen atoms in total. The van der Waals surface area contributed by atoms with Gasteiger partial charge in [-0.1, -0.05) is 24.3 Å². The van der Waals surface area contributed by atoms with Gasteiger partial charge in [-0.25, -0.2) is 0 Å². The number of rotatable bonds is 4. The molecular formula is C19H17N3O4. The Morgan fingerprint density at radius 2 is 1.96 bits per heavy atom. The van der Waals surface area contributed by atoms with Crippen LogP contribution in [0.4, 0.5) is 0 Å². The van der Waals surface area contributed by atoms with Crippen LogP contribution < -0.4 is 20.2 Å². The predicted molar refractivity (Wildman–Crippen MR) is 95.3 cm³/mol. The lowest BCUT2D eigenvalue weighted by molar-refractivity contribution is -0.121. The van der Waals surface area contributed by atoms with E-state index in [1.54, 1.807) is 18.2 Å². The van der Waals surface area contributed by atoms with E-state index in [1.165, 1.54) is 10.9 Å². The number of carbonyl (C=O) groups is 1. The molecule has 1 aromatic heterocycles. The molecule has 0 radical (unpaired) electrons. The second kappa shape index (κ2) is 6.87. The zero-order valence-corrected chi connectivity index (χ0v) is 14.0. The maximum absolute atomic E-state index is 12.4. The molecule has 1 amide bonds. The average Bonchev–Trinajstić information content (AvgIpc) is 2.69. The van der Waals surface area contributed by atoms with Crippen LogP contribution in [0.15, 0.2) is 53.5 Å². The summed E-state index contributed by atoms with van der Waals surface area (Å²) in [7, 11) is 0. The molecule has 1 N–H and O–H groups in total. The van der Waals surface area contributed by atoms with Crippen LogP contribution in [0, 0.1) is 0 Å². The van der Waals surface area contributed by atoms with Crippen molar-refractivity contribution in [3.8, 4) is 11.5 Å². The lowest BCUT2D eigenvalue weighted by Gasteiger charge is -2.21. The molecule has 0 fully saturated rings. The number of benzene rings is 2. The first-order valence-electron chi connectivity index (χ1n) is 8.31. The molecule has 0 spiro atoms. The summed E-state index contributed by atoms with van der Waals surface area (Å²) < 4.78 is 12.7. The summed E-state index contributed by atoms with van der Waals surface area (Å²) in [4.78, 5) is 24.2. The predicted octanol–water partition coefficient (Wildman–Crippen LogP) is 1.48. The number of aromatic nitrogens is 2. The van der Waals surface area contributed by atoms with E-state index in [-0.39, 0.29) is 17.9 Å². The van der Waals surface area contributed by atoms with Gasteiger partial charge in [0.05, 0.1) is 11.7 Å². The lowest BCUT2D eigenvalue weighted by atomic mass is 10.1. The number of amides is 1. The first-order valence-corrected chi connectivity index (χ1v) is 8.31. The minimum Gasteiger partial charge on any atom is -0.486 e. The SMILES string of the molecule is O=C(Cn1ncc(=O)c2ccccc21)NCc1cccc2c1OCCO2. The largest absolute Gasteiger partial charge is 0.486 e. The molecule has 7 heteroatoms. The molecule has 1 aliphatic rings. The highest BCUT2D eigenvalue weighted by atomic mass is 16.6. The van der Waals surface area contributed by atoms with E-state index < -0.39 is 0 Å². The maximum atomic E-state index is 12.4.